The third-order valence-corrected chi connectivity index (χ3v) is 9.00. The molecule has 34 heavy (non-hydrogen) atoms. The maximum absolute atomic E-state index is 12.2. The first-order chi connectivity index (χ1) is 15.9. The lowest BCUT2D eigenvalue weighted by atomic mass is 9.95. The highest BCUT2D eigenvalue weighted by Gasteiger charge is 2.34. The molecule has 0 spiro atoms. The van der Waals surface area contributed by atoms with Crippen LogP contribution in [0.1, 0.15) is 30.8 Å². The summed E-state index contributed by atoms with van der Waals surface area (Å²) in [4.78, 5) is 12.4. The Morgan fingerprint density at radius 3 is 2.44 bits per heavy atom. The average Bonchev–Trinajstić information content (AvgIpc) is 3.25. The van der Waals surface area contributed by atoms with Gasteiger partial charge in [0.25, 0.3) is 0 Å². The van der Waals surface area contributed by atoms with E-state index in [0.29, 0.717) is 18.2 Å². The van der Waals surface area contributed by atoms with Gasteiger partial charge in [0.05, 0.1) is 16.7 Å². The molecular weight excluding hydrogens is 466 g/mol. The molecule has 0 radical (unpaired) electrons. The number of pyridine rings is 1. The molecule has 0 bridgehead atoms. The van der Waals surface area contributed by atoms with E-state index in [1.54, 1.807) is 6.07 Å². The van der Waals surface area contributed by atoms with Crippen LogP contribution in [0.15, 0.2) is 48.7 Å². The van der Waals surface area contributed by atoms with E-state index in [1.807, 2.05) is 44.4 Å². The Bertz CT molecular complexity index is 1260. The third-order valence-electron chi connectivity index (χ3n) is 6.49. The molecular formula is C25H33N5O2S2. The smallest absolute Gasteiger partial charge is 0.233 e. The van der Waals surface area contributed by atoms with Crippen molar-refractivity contribution in [1.29, 1.82) is 0 Å². The first kappa shape index (κ1) is 24.6. The summed E-state index contributed by atoms with van der Waals surface area (Å²) >= 11 is 1.54. The van der Waals surface area contributed by atoms with Crippen LogP contribution >= 0.6 is 11.3 Å². The second kappa shape index (κ2) is 9.28. The molecule has 2 N–H and O–H groups in total. The van der Waals surface area contributed by atoms with Crippen LogP contribution in [-0.2, 0) is 22.0 Å². The average molecular weight is 500 g/mol. The van der Waals surface area contributed by atoms with Crippen LogP contribution in [0.5, 0.6) is 0 Å². The molecule has 1 fully saturated rings. The summed E-state index contributed by atoms with van der Waals surface area (Å²) < 4.78 is 25.7. The van der Waals surface area contributed by atoms with Gasteiger partial charge in [0, 0.05) is 32.4 Å². The molecule has 1 saturated carbocycles. The van der Waals surface area contributed by atoms with Gasteiger partial charge in [-0.2, -0.15) is 0 Å². The lowest BCUT2D eigenvalue weighted by Gasteiger charge is -2.23. The monoisotopic (exact) mass is 499 g/mol. The van der Waals surface area contributed by atoms with Crippen LogP contribution in [0.3, 0.4) is 0 Å². The second-order valence-electron chi connectivity index (χ2n) is 9.77. The van der Waals surface area contributed by atoms with Gasteiger partial charge in [-0.15, -0.1) is 11.3 Å². The Labute approximate surface area is 206 Å². The Balaban J connectivity index is 1.67. The fourth-order valence-electron chi connectivity index (χ4n) is 4.04. The summed E-state index contributed by atoms with van der Waals surface area (Å²) in [5, 5.41) is 0.836. The van der Waals surface area contributed by atoms with Gasteiger partial charge in [-0.1, -0.05) is 37.3 Å². The van der Waals surface area contributed by atoms with E-state index in [9.17, 15) is 8.42 Å². The normalized spacial score (nSPS) is 19.5. The SMILES string of the molecule is CC1CC1CN(C)c1cc(-c2cnc(C(C)(N)Cc3ccccc3)s2)cc(N(C)S(C)(=O)=O)n1. The molecule has 3 atom stereocenters. The number of rotatable bonds is 9. The van der Waals surface area contributed by atoms with Crippen LogP contribution in [-0.4, -0.2) is 45.3 Å². The van der Waals surface area contributed by atoms with Crippen LogP contribution in [0.25, 0.3) is 10.4 Å². The van der Waals surface area contributed by atoms with Crippen molar-refractivity contribution in [2.75, 3.05) is 36.1 Å². The molecule has 182 valence electrons. The standard InChI is InChI=1S/C25H33N5O2S2/c1-17-11-20(17)16-29(3)22-12-19(13-23(28-22)30(4)34(5,31)32)21-15-27-24(33-21)25(2,26)14-18-9-7-6-8-10-18/h6-10,12-13,15,17,20H,11,14,16,26H2,1-5H3. The fraction of sp³-hybridized carbons (Fsp3) is 0.440. The molecule has 0 saturated heterocycles. The lowest BCUT2D eigenvalue weighted by molar-refractivity contribution is 0.488. The molecule has 2 aromatic heterocycles. The number of sulfonamides is 1. The first-order valence-corrected chi connectivity index (χ1v) is 14.1. The maximum atomic E-state index is 12.2. The predicted octanol–water partition coefficient (Wildman–Crippen LogP) is 4.11. The van der Waals surface area contributed by atoms with E-state index in [0.717, 1.165) is 39.3 Å². The molecule has 3 unspecified atom stereocenters. The van der Waals surface area contributed by atoms with Gasteiger partial charge in [0.15, 0.2) is 0 Å². The van der Waals surface area contributed by atoms with E-state index in [4.69, 9.17) is 5.73 Å². The minimum Gasteiger partial charge on any atom is -0.359 e. The number of hydrogen-bond acceptors (Lipinski definition) is 7. The van der Waals surface area contributed by atoms with Crippen molar-refractivity contribution in [3.8, 4) is 10.4 Å². The van der Waals surface area contributed by atoms with Crippen molar-refractivity contribution in [3.05, 3.63) is 59.2 Å². The zero-order valence-electron chi connectivity index (χ0n) is 20.4. The van der Waals surface area contributed by atoms with Crippen molar-refractivity contribution in [2.45, 2.75) is 32.2 Å². The predicted molar refractivity (Wildman–Crippen MR) is 141 cm³/mol. The fourth-order valence-corrected chi connectivity index (χ4v) is 5.43. The van der Waals surface area contributed by atoms with Gasteiger partial charge in [0.2, 0.25) is 10.0 Å². The minimum absolute atomic E-state index is 0.389. The number of hydrogen-bond donors (Lipinski definition) is 1. The highest BCUT2D eigenvalue weighted by Crippen LogP contribution is 2.40. The van der Waals surface area contributed by atoms with Gasteiger partial charge < -0.3 is 10.6 Å². The number of benzene rings is 1. The second-order valence-corrected chi connectivity index (χ2v) is 12.8. The Morgan fingerprint density at radius 1 is 1.18 bits per heavy atom. The molecule has 1 aliphatic carbocycles. The van der Waals surface area contributed by atoms with Gasteiger partial charge in [0.1, 0.15) is 16.6 Å². The summed E-state index contributed by atoms with van der Waals surface area (Å²) in [6.45, 7) is 5.14. The van der Waals surface area contributed by atoms with Crippen molar-refractivity contribution >= 4 is 33.0 Å². The summed E-state index contributed by atoms with van der Waals surface area (Å²) in [6.07, 6.45) is 4.90. The zero-order valence-corrected chi connectivity index (χ0v) is 22.0. The molecule has 3 aromatic rings. The molecule has 1 aliphatic rings. The third kappa shape index (κ3) is 5.59. The van der Waals surface area contributed by atoms with Gasteiger partial charge in [-0.05, 0) is 49.3 Å². The molecule has 4 rings (SSSR count). The highest BCUT2D eigenvalue weighted by atomic mass is 32.2. The van der Waals surface area contributed by atoms with E-state index < -0.39 is 15.6 Å². The van der Waals surface area contributed by atoms with Gasteiger partial charge >= 0.3 is 0 Å². The Kier molecular flexibility index (Phi) is 6.72. The topological polar surface area (TPSA) is 92.4 Å². The maximum Gasteiger partial charge on any atom is 0.233 e. The number of aromatic nitrogens is 2. The van der Waals surface area contributed by atoms with Gasteiger partial charge in [-0.25, -0.2) is 18.4 Å². The molecule has 0 aliphatic heterocycles. The van der Waals surface area contributed by atoms with Crippen LogP contribution in [0.4, 0.5) is 11.6 Å². The van der Waals surface area contributed by atoms with Gasteiger partial charge in [-0.3, -0.25) is 4.31 Å². The molecule has 2 heterocycles. The van der Waals surface area contributed by atoms with E-state index >= 15 is 0 Å². The minimum atomic E-state index is -3.45. The largest absolute Gasteiger partial charge is 0.359 e. The van der Waals surface area contributed by atoms with Crippen molar-refractivity contribution < 1.29 is 8.42 Å². The molecule has 7 nitrogen and oxygen atoms in total. The number of nitrogens with zero attached hydrogens (tertiary/aromatic N) is 4. The number of thiazole rings is 1. The molecule has 0 amide bonds. The Morgan fingerprint density at radius 2 is 1.82 bits per heavy atom. The van der Waals surface area contributed by atoms with Crippen LogP contribution in [0, 0.1) is 11.8 Å². The molecule has 1 aromatic carbocycles. The quantitative estimate of drug-likeness (QED) is 0.476. The number of nitrogens with two attached hydrogens (primary N) is 1. The summed E-state index contributed by atoms with van der Waals surface area (Å²) in [5.74, 6) is 2.51. The lowest BCUT2D eigenvalue weighted by Crippen LogP contribution is -2.35. The first-order valence-electron chi connectivity index (χ1n) is 11.4. The van der Waals surface area contributed by atoms with Crippen molar-refractivity contribution in [2.24, 2.45) is 17.6 Å². The summed E-state index contributed by atoms with van der Waals surface area (Å²) in [5.41, 5.74) is 8.11. The number of anilines is 2. The Hall–Kier alpha value is -2.49. The van der Waals surface area contributed by atoms with E-state index in [1.165, 1.54) is 35.4 Å². The summed E-state index contributed by atoms with van der Waals surface area (Å²) in [6, 6.07) is 14.0. The van der Waals surface area contributed by atoms with E-state index in [-0.39, 0.29) is 0 Å². The molecule has 9 heteroatoms. The van der Waals surface area contributed by atoms with Crippen molar-refractivity contribution in [1.82, 2.24) is 9.97 Å². The van der Waals surface area contributed by atoms with E-state index in [2.05, 4.69) is 33.9 Å². The zero-order chi connectivity index (χ0) is 24.7. The summed E-state index contributed by atoms with van der Waals surface area (Å²) in [7, 11) is 0.0918. The van der Waals surface area contributed by atoms with Crippen molar-refractivity contribution in [3.63, 3.8) is 0 Å². The van der Waals surface area contributed by atoms with Crippen LogP contribution in [0.2, 0.25) is 0 Å². The highest BCUT2D eigenvalue weighted by molar-refractivity contribution is 7.92. The van der Waals surface area contributed by atoms with Crippen LogP contribution < -0.4 is 14.9 Å².